The average molecular weight is 313 g/mol. The second kappa shape index (κ2) is 6.69. The first-order chi connectivity index (χ1) is 11.1. The maximum Gasteiger partial charge on any atom is 0.249 e. The first-order valence-corrected chi connectivity index (χ1v) is 8.25. The molecule has 0 aliphatic carbocycles. The monoisotopic (exact) mass is 313 g/mol. The zero-order valence-corrected chi connectivity index (χ0v) is 13.7. The van der Waals surface area contributed by atoms with Gasteiger partial charge in [0.05, 0.1) is 17.7 Å². The highest BCUT2D eigenvalue weighted by Gasteiger charge is 2.45. The van der Waals surface area contributed by atoms with E-state index in [0.29, 0.717) is 11.6 Å². The van der Waals surface area contributed by atoms with Gasteiger partial charge in [-0.1, -0.05) is 12.1 Å². The molecule has 5 heteroatoms. The second-order valence-electron chi connectivity index (χ2n) is 6.70. The van der Waals surface area contributed by atoms with E-state index in [2.05, 4.69) is 16.3 Å². The number of hydrogen-bond acceptors (Lipinski definition) is 4. The largest absolute Gasteiger partial charge is 0.363 e. The number of carbonyl (C=O) groups is 1. The molecule has 0 spiro atoms. The van der Waals surface area contributed by atoms with Crippen molar-refractivity contribution >= 4 is 5.91 Å². The van der Waals surface area contributed by atoms with Crippen molar-refractivity contribution < 1.29 is 9.53 Å². The Hall–Kier alpha value is -1.90. The molecule has 1 aromatic rings. The molecule has 0 aromatic heterocycles. The molecule has 5 nitrogen and oxygen atoms in total. The normalized spacial score (nSPS) is 27.0. The van der Waals surface area contributed by atoms with Crippen LogP contribution in [0.4, 0.5) is 0 Å². The first kappa shape index (κ1) is 16.0. The van der Waals surface area contributed by atoms with E-state index in [9.17, 15) is 4.79 Å². The first-order valence-electron chi connectivity index (χ1n) is 8.25. The molecule has 2 aliphatic heterocycles. The Balaban J connectivity index is 1.63. The molecule has 1 N–H and O–H groups in total. The topological polar surface area (TPSA) is 65.4 Å². The van der Waals surface area contributed by atoms with Crippen LogP contribution in [0.25, 0.3) is 0 Å². The fourth-order valence-corrected chi connectivity index (χ4v) is 3.55. The standard InChI is InChI=1S/C18H23N3O2/c1-12(2)20-18(22)17-9-15-16(23-17)6-7-21(15)11-14-5-3-4-13(8-14)10-19/h3-5,8,12,15-17H,6-7,9,11H2,1-2H3,(H,20,22)/t15-,16-,17+/m1/s1. The molecule has 23 heavy (non-hydrogen) atoms. The number of ether oxygens (including phenoxy) is 1. The van der Waals surface area contributed by atoms with Crippen molar-refractivity contribution in [3.8, 4) is 6.07 Å². The van der Waals surface area contributed by atoms with E-state index in [-0.39, 0.29) is 24.2 Å². The third kappa shape index (κ3) is 3.54. The number of carbonyl (C=O) groups excluding carboxylic acids is 1. The predicted octanol–water partition coefficient (Wildman–Crippen LogP) is 1.81. The van der Waals surface area contributed by atoms with Gasteiger partial charge in [-0.15, -0.1) is 0 Å². The van der Waals surface area contributed by atoms with Crippen molar-refractivity contribution in [3.05, 3.63) is 35.4 Å². The average Bonchev–Trinajstić information content (AvgIpc) is 3.09. The van der Waals surface area contributed by atoms with Crippen molar-refractivity contribution in [1.29, 1.82) is 5.26 Å². The maximum absolute atomic E-state index is 12.1. The molecule has 1 amide bonds. The van der Waals surface area contributed by atoms with Gasteiger partial charge < -0.3 is 10.1 Å². The van der Waals surface area contributed by atoms with E-state index < -0.39 is 0 Å². The molecule has 1 aromatic carbocycles. The van der Waals surface area contributed by atoms with E-state index in [1.807, 2.05) is 38.1 Å². The number of benzene rings is 1. The van der Waals surface area contributed by atoms with Crippen LogP contribution in [0, 0.1) is 11.3 Å². The summed E-state index contributed by atoms with van der Waals surface area (Å²) in [5.41, 5.74) is 1.83. The molecule has 2 aliphatic rings. The highest BCUT2D eigenvalue weighted by Crippen LogP contribution is 2.34. The number of nitriles is 1. The number of nitrogens with zero attached hydrogens (tertiary/aromatic N) is 2. The molecule has 3 atom stereocenters. The summed E-state index contributed by atoms with van der Waals surface area (Å²) in [7, 11) is 0. The summed E-state index contributed by atoms with van der Waals surface area (Å²) in [5.74, 6) is 0.000767. The van der Waals surface area contributed by atoms with Crippen molar-refractivity contribution in [3.63, 3.8) is 0 Å². The highest BCUT2D eigenvalue weighted by atomic mass is 16.5. The zero-order chi connectivity index (χ0) is 16.4. The molecule has 0 unspecified atom stereocenters. The summed E-state index contributed by atoms with van der Waals surface area (Å²) < 4.78 is 5.95. The van der Waals surface area contributed by atoms with Crippen molar-refractivity contribution in [1.82, 2.24) is 10.2 Å². The van der Waals surface area contributed by atoms with Crippen LogP contribution in [0.5, 0.6) is 0 Å². The van der Waals surface area contributed by atoms with Gasteiger partial charge in [0.15, 0.2) is 0 Å². The lowest BCUT2D eigenvalue weighted by molar-refractivity contribution is -0.132. The Kier molecular flexibility index (Phi) is 4.65. The molecule has 0 saturated carbocycles. The number of amides is 1. The number of fused-ring (bicyclic) bond motifs is 1. The number of likely N-dealkylation sites (tertiary alicyclic amines) is 1. The molecule has 122 valence electrons. The Labute approximate surface area is 137 Å². The molecule has 0 radical (unpaired) electrons. The third-order valence-corrected chi connectivity index (χ3v) is 4.56. The lowest BCUT2D eigenvalue weighted by atomic mass is 10.1. The SMILES string of the molecule is CC(C)NC(=O)[C@@H]1C[C@@H]2[C@@H](CCN2Cc2cccc(C#N)c2)O1. The third-order valence-electron chi connectivity index (χ3n) is 4.56. The number of nitrogens with one attached hydrogen (secondary N) is 1. The smallest absolute Gasteiger partial charge is 0.249 e. The van der Waals surface area contributed by atoms with Crippen LogP contribution in [-0.2, 0) is 16.1 Å². The second-order valence-corrected chi connectivity index (χ2v) is 6.70. The van der Waals surface area contributed by atoms with Crippen LogP contribution in [0.2, 0.25) is 0 Å². The van der Waals surface area contributed by atoms with Gasteiger partial charge in [-0.2, -0.15) is 5.26 Å². The minimum absolute atomic E-state index is 0.000767. The quantitative estimate of drug-likeness (QED) is 0.921. The summed E-state index contributed by atoms with van der Waals surface area (Å²) in [6.45, 7) is 5.70. The molecular weight excluding hydrogens is 290 g/mol. The van der Waals surface area contributed by atoms with Gasteiger partial charge in [-0.3, -0.25) is 9.69 Å². The van der Waals surface area contributed by atoms with E-state index >= 15 is 0 Å². The summed E-state index contributed by atoms with van der Waals surface area (Å²) >= 11 is 0. The predicted molar refractivity (Wildman–Crippen MR) is 86.5 cm³/mol. The molecule has 2 heterocycles. The summed E-state index contributed by atoms with van der Waals surface area (Å²) in [6.07, 6.45) is 1.53. The van der Waals surface area contributed by atoms with E-state index in [1.54, 1.807) is 0 Å². The Morgan fingerprint density at radius 1 is 1.52 bits per heavy atom. The molecule has 2 fully saturated rings. The fraction of sp³-hybridized carbons (Fsp3) is 0.556. The van der Waals surface area contributed by atoms with Crippen molar-refractivity contribution in [2.24, 2.45) is 0 Å². The summed E-state index contributed by atoms with van der Waals surface area (Å²) in [6, 6.07) is 10.3. The van der Waals surface area contributed by atoms with Crippen molar-refractivity contribution in [2.45, 2.75) is 57.5 Å². The number of rotatable bonds is 4. The van der Waals surface area contributed by atoms with Gasteiger partial charge in [0.25, 0.3) is 0 Å². The van der Waals surface area contributed by atoms with Gasteiger partial charge in [-0.05, 0) is 38.0 Å². The highest BCUT2D eigenvalue weighted by molar-refractivity contribution is 5.81. The van der Waals surface area contributed by atoms with E-state index in [1.165, 1.54) is 0 Å². The minimum atomic E-state index is -0.333. The molecular formula is C18H23N3O2. The van der Waals surface area contributed by atoms with E-state index in [4.69, 9.17) is 10.00 Å². The van der Waals surface area contributed by atoms with Crippen LogP contribution in [0.3, 0.4) is 0 Å². The Bertz CT molecular complexity index is 623. The minimum Gasteiger partial charge on any atom is -0.363 e. The van der Waals surface area contributed by atoms with Crippen LogP contribution < -0.4 is 5.32 Å². The number of hydrogen-bond donors (Lipinski definition) is 1. The van der Waals surface area contributed by atoms with E-state index in [0.717, 1.165) is 31.5 Å². The van der Waals surface area contributed by atoms with Crippen LogP contribution in [-0.4, -0.2) is 41.6 Å². The zero-order valence-electron chi connectivity index (χ0n) is 13.7. The van der Waals surface area contributed by atoms with Crippen LogP contribution >= 0.6 is 0 Å². The fourth-order valence-electron chi connectivity index (χ4n) is 3.55. The van der Waals surface area contributed by atoms with Gasteiger partial charge in [0.2, 0.25) is 5.91 Å². The Morgan fingerprint density at radius 3 is 3.09 bits per heavy atom. The van der Waals surface area contributed by atoms with Crippen LogP contribution in [0.15, 0.2) is 24.3 Å². The Morgan fingerprint density at radius 2 is 2.35 bits per heavy atom. The summed E-state index contributed by atoms with van der Waals surface area (Å²) in [5, 5.41) is 11.9. The lowest BCUT2D eigenvalue weighted by Crippen LogP contribution is -2.39. The molecule has 3 rings (SSSR count). The van der Waals surface area contributed by atoms with Gasteiger partial charge >= 0.3 is 0 Å². The molecule has 2 saturated heterocycles. The van der Waals surface area contributed by atoms with Crippen molar-refractivity contribution in [2.75, 3.05) is 6.54 Å². The lowest BCUT2D eigenvalue weighted by Gasteiger charge is -2.23. The molecule has 0 bridgehead atoms. The van der Waals surface area contributed by atoms with Gasteiger partial charge in [-0.25, -0.2) is 0 Å². The van der Waals surface area contributed by atoms with Gasteiger partial charge in [0.1, 0.15) is 6.10 Å². The summed E-state index contributed by atoms with van der Waals surface area (Å²) in [4.78, 5) is 14.5. The van der Waals surface area contributed by atoms with Gasteiger partial charge in [0, 0.05) is 31.6 Å². The maximum atomic E-state index is 12.1. The van der Waals surface area contributed by atoms with Crippen LogP contribution in [0.1, 0.15) is 37.8 Å².